The Labute approximate surface area is 119 Å². The number of methoxy groups -OCH3 is 1. The van der Waals surface area contributed by atoms with Crippen molar-refractivity contribution in [2.24, 2.45) is 0 Å². The molecular formula is C13H19N3O3S. The summed E-state index contributed by atoms with van der Waals surface area (Å²) in [6.45, 7) is 2.39. The molecule has 1 aromatic rings. The van der Waals surface area contributed by atoms with Gasteiger partial charge in [0.2, 0.25) is 10.0 Å². The van der Waals surface area contributed by atoms with Crippen molar-refractivity contribution in [2.75, 3.05) is 32.5 Å². The summed E-state index contributed by atoms with van der Waals surface area (Å²) in [7, 11) is -2.17. The van der Waals surface area contributed by atoms with Crippen molar-refractivity contribution in [1.82, 2.24) is 4.31 Å². The van der Waals surface area contributed by atoms with Crippen LogP contribution in [0.2, 0.25) is 0 Å². The fourth-order valence-corrected chi connectivity index (χ4v) is 3.36. The van der Waals surface area contributed by atoms with Crippen LogP contribution in [0.25, 0.3) is 0 Å². The smallest absolute Gasteiger partial charge is 0.243 e. The second-order valence-corrected chi connectivity index (χ2v) is 6.32. The van der Waals surface area contributed by atoms with Gasteiger partial charge in [-0.25, -0.2) is 8.42 Å². The highest BCUT2D eigenvalue weighted by atomic mass is 32.2. The van der Waals surface area contributed by atoms with Crippen molar-refractivity contribution >= 4 is 15.7 Å². The number of hydrogen-bond acceptors (Lipinski definition) is 5. The quantitative estimate of drug-likeness (QED) is 0.761. The first kappa shape index (κ1) is 16.4. The van der Waals surface area contributed by atoms with Crippen molar-refractivity contribution in [3.63, 3.8) is 0 Å². The third-order valence-electron chi connectivity index (χ3n) is 2.73. The average Bonchev–Trinajstić information content (AvgIpc) is 2.37. The molecule has 0 saturated heterocycles. The highest BCUT2D eigenvalue weighted by Gasteiger charge is 2.24. The Morgan fingerprint density at radius 2 is 2.05 bits per heavy atom. The van der Waals surface area contributed by atoms with E-state index in [1.807, 2.05) is 6.07 Å². The Bertz CT molecular complexity index is 573. The van der Waals surface area contributed by atoms with Gasteiger partial charge in [-0.2, -0.15) is 9.57 Å². The van der Waals surface area contributed by atoms with Crippen LogP contribution in [0.1, 0.15) is 12.0 Å². The van der Waals surface area contributed by atoms with Gasteiger partial charge >= 0.3 is 0 Å². The predicted molar refractivity (Wildman–Crippen MR) is 76.5 cm³/mol. The van der Waals surface area contributed by atoms with Gasteiger partial charge in [-0.15, -0.1) is 0 Å². The first-order valence-electron chi connectivity index (χ1n) is 6.15. The summed E-state index contributed by atoms with van der Waals surface area (Å²) in [6.07, 6.45) is 0.129. The highest BCUT2D eigenvalue weighted by Crippen LogP contribution is 2.20. The number of ether oxygens (including phenoxy) is 1. The number of rotatable bonds is 7. The zero-order valence-corrected chi connectivity index (χ0v) is 12.5. The zero-order chi connectivity index (χ0) is 15.2. The lowest BCUT2D eigenvalue weighted by Gasteiger charge is -2.21. The second-order valence-electron chi connectivity index (χ2n) is 4.38. The van der Waals surface area contributed by atoms with Crippen LogP contribution in [0.5, 0.6) is 0 Å². The molecule has 1 aromatic carbocycles. The van der Waals surface area contributed by atoms with Crippen molar-refractivity contribution in [2.45, 2.75) is 18.2 Å². The summed E-state index contributed by atoms with van der Waals surface area (Å²) < 4.78 is 31.3. The molecule has 1 rings (SSSR count). The fraction of sp³-hybridized carbons (Fsp3) is 0.462. The van der Waals surface area contributed by atoms with Gasteiger partial charge < -0.3 is 10.5 Å². The number of nitrogens with two attached hydrogens (primary N) is 1. The van der Waals surface area contributed by atoms with Crippen LogP contribution in [-0.4, -0.2) is 39.5 Å². The van der Waals surface area contributed by atoms with Gasteiger partial charge in [0, 0.05) is 32.3 Å². The SMILES string of the molecule is COCCN(CCC#N)S(=O)(=O)c1cc(C)cc(N)c1. The average molecular weight is 297 g/mol. The molecule has 0 spiro atoms. The molecule has 0 aliphatic heterocycles. The molecule has 0 amide bonds. The summed E-state index contributed by atoms with van der Waals surface area (Å²) in [4.78, 5) is 0.143. The normalized spacial score (nSPS) is 11.5. The standard InChI is InChI=1S/C13H19N3O3S/c1-11-8-12(15)10-13(9-11)20(17,18)16(5-3-4-14)6-7-19-2/h8-10H,3,5-7,15H2,1-2H3. The monoisotopic (exact) mass is 297 g/mol. The van der Waals surface area contributed by atoms with Crippen LogP contribution in [0.15, 0.2) is 23.1 Å². The number of hydrogen-bond donors (Lipinski definition) is 1. The Hall–Kier alpha value is -1.62. The van der Waals surface area contributed by atoms with Crippen LogP contribution in [0, 0.1) is 18.3 Å². The van der Waals surface area contributed by atoms with E-state index in [1.165, 1.54) is 17.5 Å². The molecule has 0 aliphatic carbocycles. The lowest BCUT2D eigenvalue weighted by Crippen LogP contribution is -2.34. The van der Waals surface area contributed by atoms with Crippen molar-refractivity contribution in [3.8, 4) is 6.07 Å². The molecule has 0 fully saturated rings. The number of nitrogen functional groups attached to an aromatic ring is 1. The van der Waals surface area contributed by atoms with Gasteiger partial charge in [-0.3, -0.25) is 0 Å². The van der Waals surface area contributed by atoms with Gasteiger partial charge in [0.15, 0.2) is 0 Å². The number of nitrogens with zero attached hydrogens (tertiary/aromatic N) is 2. The summed E-state index contributed by atoms with van der Waals surface area (Å²) in [6, 6.07) is 6.64. The van der Waals surface area contributed by atoms with E-state index in [0.29, 0.717) is 5.69 Å². The van der Waals surface area contributed by atoms with E-state index in [4.69, 9.17) is 15.7 Å². The second kappa shape index (κ2) is 7.24. The Balaban J connectivity index is 3.11. The highest BCUT2D eigenvalue weighted by molar-refractivity contribution is 7.89. The van der Waals surface area contributed by atoms with Crippen LogP contribution in [-0.2, 0) is 14.8 Å². The summed E-state index contributed by atoms with van der Waals surface area (Å²) in [5.74, 6) is 0. The van der Waals surface area contributed by atoms with E-state index in [2.05, 4.69) is 0 Å². The van der Waals surface area contributed by atoms with Crippen molar-refractivity contribution < 1.29 is 13.2 Å². The van der Waals surface area contributed by atoms with Gasteiger partial charge in [0.25, 0.3) is 0 Å². The molecule has 7 heteroatoms. The number of aryl methyl sites for hydroxylation is 1. The topological polar surface area (TPSA) is 96.4 Å². The number of nitriles is 1. The maximum atomic E-state index is 12.6. The van der Waals surface area contributed by atoms with E-state index in [9.17, 15) is 8.42 Å². The third kappa shape index (κ3) is 4.20. The molecular weight excluding hydrogens is 278 g/mol. The minimum atomic E-state index is -3.67. The lowest BCUT2D eigenvalue weighted by atomic mass is 10.2. The Kier molecular flexibility index (Phi) is 5.95. The van der Waals surface area contributed by atoms with Gasteiger partial charge in [0.05, 0.1) is 17.6 Å². The molecule has 0 aliphatic rings. The minimum absolute atomic E-state index is 0.129. The molecule has 20 heavy (non-hydrogen) atoms. The largest absolute Gasteiger partial charge is 0.399 e. The van der Waals surface area contributed by atoms with Crippen LogP contribution < -0.4 is 5.73 Å². The molecule has 2 N–H and O–H groups in total. The predicted octanol–water partition coefficient (Wildman–Crippen LogP) is 1.13. The molecule has 6 nitrogen and oxygen atoms in total. The van der Waals surface area contributed by atoms with E-state index >= 15 is 0 Å². The molecule has 0 heterocycles. The van der Waals surface area contributed by atoms with Crippen LogP contribution >= 0.6 is 0 Å². The zero-order valence-electron chi connectivity index (χ0n) is 11.7. The number of sulfonamides is 1. The summed E-state index contributed by atoms with van der Waals surface area (Å²) >= 11 is 0. The fourth-order valence-electron chi connectivity index (χ4n) is 1.79. The third-order valence-corrected chi connectivity index (χ3v) is 4.61. The van der Waals surface area contributed by atoms with E-state index in [-0.39, 0.29) is 31.0 Å². The first-order valence-corrected chi connectivity index (χ1v) is 7.59. The van der Waals surface area contributed by atoms with Crippen molar-refractivity contribution in [1.29, 1.82) is 5.26 Å². The molecule has 0 saturated carbocycles. The summed E-state index contributed by atoms with van der Waals surface area (Å²) in [5.41, 5.74) is 6.87. The first-order chi connectivity index (χ1) is 9.41. The maximum Gasteiger partial charge on any atom is 0.243 e. The van der Waals surface area contributed by atoms with Crippen molar-refractivity contribution in [3.05, 3.63) is 23.8 Å². The van der Waals surface area contributed by atoms with Gasteiger partial charge in [0.1, 0.15) is 0 Å². The maximum absolute atomic E-state index is 12.6. The molecule has 110 valence electrons. The number of benzene rings is 1. The summed E-state index contributed by atoms with van der Waals surface area (Å²) in [5, 5.41) is 8.64. The molecule has 0 unspecified atom stereocenters. The van der Waals surface area contributed by atoms with E-state index in [1.54, 1.807) is 19.1 Å². The minimum Gasteiger partial charge on any atom is -0.399 e. The van der Waals surface area contributed by atoms with E-state index in [0.717, 1.165) is 5.56 Å². The number of anilines is 1. The van der Waals surface area contributed by atoms with Crippen LogP contribution in [0.3, 0.4) is 0 Å². The Morgan fingerprint density at radius 1 is 1.35 bits per heavy atom. The molecule has 0 aromatic heterocycles. The molecule has 0 radical (unpaired) electrons. The Morgan fingerprint density at radius 3 is 2.60 bits per heavy atom. The van der Waals surface area contributed by atoms with Crippen LogP contribution in [0.4, 0.5) is 5.69 Å². The van der Waals surface area contributed by atoms with Gasteiger partial charge in [-0.1, -0.05) is 0 Å². The van der Waals surface area contributed by atoms with Gasteiger partial charge in [-0.05, 0) is 30.7 Å². The van der Waals surface area contributed by atoms with E-state index < -0.39 is 10.0 Å². The lowest BCUT2D eigenvalue weighted by molar-refractivity contribution is 0.179. The molecule has 0 atom stereocenters. The molecule has 0 bridgehead atoms.